The second kappa shape index (κ2) is 5.30. The van der Waals surface area contributed by atoms with E-state index in [1.165, 1.54) is 12.1 Å². The number of carbonyl (C=O) groups excluding carboxylic acids is 1. The summed E-state index contributed by atoms with van der Waals surface area (Å²) in [7, 11) is 0. The third-order valence-corrected chi connectivity index (χ3v) is 3.23. The van der Waals surface area contributed by atoms with E-state index in [1.54, 1.807) is 4.90 Å². The van der Waals surface area contributed by atoms with Crippen LogP contribution in [-0.2, 0) is 0 Å². The molecule has 1 aliphatic rings. The number of rotatable bonds is 2. The van der Waals surface area contributed by atoms with Crippen LogP contribution in [0.25, 0.3) is 0 Å². The van der Waals surface area contributed by atoms with Gasteiger partial charge >= 0.3 is 0 Å². The number of hydrogen-bond acceptors (Lipinski definition) is 4. The topological polar surface area (TPSA) is 69.3 Å². The lowest BCUT2D eigenvalue weighted by Crippen LogP contribution is -2.50. The van der Waals surface area contributed by atoms with Crippen molar-refractivity contribution in [3.63, 3.8) is 0 Å². The third kappa shape index (κ3) is 2.76. The smallest absolute Gasteiger partial charge is 0.274 e. The van der Waals surface area contributed by atoms with Crippen LogP contribution in [0.15, 0.2) is 16.9 Å². The van der Waals surface area contributed by atoms with Crippen LogP contribution in [0.4, 0.5) is 0 Å². The molecular weight excluding hydrogens is 232 g/mol. The molecule has 2 heterocycles. The van der Waals surface area contributed by atoms with Crippen molar-refractivity contribution in [1.29, 1.82) is 0 Å². The van der Waals surface area contributed by atoms with E-state index in [4.69, 9.17) is 0 Å². The zero-order valence-corrected chi connectivity index (χ0v) is 10.7. The summed E-state index contributed by atoms with van der Waals surface area (Å²) in [6, 6.07) is 3.30. The summed E-state index contributed by atoms with van der Waals surface area (Å²) >= 11 is 0. The summed E-state index contributed by atoms with van der Waals surface area (Å²) in [5, 5.41) is 6.05. The van der Waals surface area contributed by atoms with E-state index < -0.39 is 0 Å². The van der Waals surface area contributed by atoms with Crippen LogP contribution in [0, 0.1) is 0 Å². The van der Waals surface area contributed by atoms with Gasteiger partial charge in [-0.3, -0.25) is 14.5 Å². The Morgan fingerprint density at radius 2 is 1.94 bits per heavy atom. The number of amides is 1. The van der Waals surface area contributed by atoms with Gasteiger partial charge in [0, 0.05) is 38.3 Å². The molecular formula is C12H18N4O2. The van der Waals surface area contributed by atoms with Crippen molar-refractivity contribution in [2.24, 2.45) is 0 Å². The van der Waals surface area contributed by atoms with Crippen LogP contribution in [0.3, 0.4) is 0 Å². The molecule has 0 radical (unpaired) electrons. The maximum Gasteiger partial charge on any atom is 0.274 e. The van der Waals surface area contributed by atoms with Gasteiger partial charge in [-0.2, -0.15) is 5.10 Å². The number of nitrogens with zero attached hydrogens (tertiary/aromatic N) is 3. The molecule has 2 rings (SSSR count). The molecule has 0 saturated carbocycles. The first-order chi connectivity index (χ1) is 8.58. The van der Waals surface area contributed by atoms with Crippen LogP contribution in [0.5, 0.6) is 0 Å². The molecule has 18 heavy (non-hydrogen) atoms. The molecule has 6 heteroatoms. The Balaban J connectivity index is 1.99. The van der Waals surface area contributed by atoms with Crippen molar-refractivity contribution in [2.45, 2.75) is 19.9 Å². The zero-order valence-electron chi connectivity index (χ0n) is 10.7. The SMILES string of the molecule is CC(C)N1CCN(C(=O)c2ccc(=O)[nH]n2)CC1. The van der Waals surface area contributed by atoms with Gasteiger partial charge in [-0.1, -0.05) is 0 Å². The second-order valence-corrected chi connectivity index (χ2v) is 4.73. The number of aromatic amines is 1. The lowest BCUT2D eigenvalue weighted by atomic mass is 10.2. The molecule has 0 unspecified atom stereocenters. The first-order valence-electron chi connectivity index (χ1n) is 6.17. The van der Waals surface area contributed by atoms with E-state index in [-0.39, 0.29) is 11.5 Å². The minimum atomic E-state index is -0.295. The number of aromatic nitrogens is 2. The molecule has 1 aromatic rings. The number of H-pyrrole nitrogens is 1. The van der Waals surface area contributed by atoms with Crippen molar-refractivity contribution in [3.05, 3.63) is 28.2 Å². The fraction of sp³-hybridized carbons (Fsp3) is 0.583. The van der Waals surface area contributed by atoms with Gasteiger partial charge in [-0.15, -0.1) is 0 Å². The molecule has 0 spiro atoms. The standard InChI is InChI=1S/C12H18N4O2/c1-9(2)15-5-7-16(8-6-15)12(18)10-3-4-11(17)14-13-10/h3-4,9H,5-8H2,1-2H3,(H,14,17). The van der Waals surface area contributed by atoms with Crippen molar-refractivity contribution in [2.75, 3.05) is 26.2 Å². The molecule has 1 amide bonds. The van der Waals surface area contributed by atoms with Gasteiger partial charge in [-0.25, -0.2) is 5.10 Å². The highest BCUT2D eigenvalue weighted by atomic mass is 16.2. The predicted octanol–water partition coefficient (Wildman–Crippen LogP) is -0.0639. The maximum atomic E-state index is 12.1. The van der Waals surface area contributed by atoms with E-state index in [1.807, 2.05) is 0 Å². The number of piperazine rings is 1. The minimum Gasteiger partial charge on any atom is -0.335 e. The van der Waals surface area contributed by atoms with E-state index in [2.05, 4.69) is 28.9 Å². The van der Waals surface area contributed by atoms with Crippen molar-refractivity contribution in [3.8, 4) is 0 Å². The van der Waals surface area contributed by atoms with Crippen molar-refractivity contribution < 1.29 is 4.79 Å². The van der Waals surface area contributed by atoms with Gasteiger partial charge in [-0.05, 0) is 19.9 Å². The summed E-state index contributed by atoms with van der Waals surface area (Å²) in [5.74, 6) is -0.116. The molecule has 0 aromatic carbocycles. The summed E-state index contributed by atoms with van der Waals surface area (Å²) in [6.07, 6.45) is 0. The molecule has 0 bridgehead atoms. The largest absolute Gasteiger partial charge is 0.335 e. The van der Waals surface area contributed by atoms with Crippen LogP contribution in [-0.4, -0.2) is 58.1 Å². The maximum absolute atomic E-state index is 12.1. The van der Waals surface area contributed by atoms with Crippen LogP contribution in [0.1, 0.15) is 24.3 Å². The van der Waals surface area contributed by atoms with Gasteiger partial charge in [0.1, 0.15) is 5.69 Å². The minimum absolute atomic E-state index is 0.116. The zero-order chi connectivity index (χ0) is 13.1. The van der Waals surface area contributed by atoms with Crippen LogP contribution >= 0.6 is 0 Å². The molecule has 1 N–H and O–H groups in total. The molecule has 1 fully saturated rings. The lowest BCUT2D eigenvalue weighted by Gasteiger charge is -2.36. The van der Waals surface area contributed by atoms with Gasteiger partial charge in [0.2, 0.25) is 0 Å². The highest BCUT2D eigenvalue weighted by Crippen LogP contribution is 2.08. The summed E-state index contributed by atoms with van der Waals surface area (Å²) in [6.45, 7) is 7.48. The van der Waals surface area contributed by atoms with E-state index in [9.17, 15) is 9.59 Å². The summed E-state index contributed by atoms with van der Waals surface area (Å²) in [5.41, 5.74) is 0.00349. The van der Waals surface area contributed by atoms with Gasteiger partial charge in [0.25, 0.3) is 11.5 Å². The molecule has 1 aromatic heterocycles. The average molecular weight is 250 g/mol. The monoisotopic (exact) mass is 250 g/mol. The Morgan fingerprint density at radius 3 is 2.44 bits per heavy atom. The van der Waals surface area contributed by atoms with E-state index in [0.29, 0.717) is 24.8 Å². The highest BCUT2D eigenvalue weighted by molar-refractivity contribution is 5.92. The first-order valence-corrected chi connectivity index (χ1v) is 6.17. The van der Waals surface area contributed by atoms with Crippen LogP contribution < -0.4 is 5.56 Å². The Morgan fingerprint density at radius 1 is 1.28 bits per heavy atom. The molecule has 0 atom stereocenters. The molecule has 6 nitrogen and oxygen atoms in total. The first kappa shape index (κ1) is 12.8. The lowest BCUT2D eigenvalue weighted by molar-refractivity contribution is 0.0588. The van der Waals surface area contributed by atoms with Crippen molar-refractivity contribution in [1.82, 2.24) is 20.0 Å². The Labute approximate surface area is 106 Å². The predicted molar refractivity (Wildman–Crippen MR) is 67.5 cm³/mol. The van der Waals surface area contributed by atoms with E-state index >= 15 is 0 Å². The Bertz CT molecular complexity index is 455. The fourth-order valence-electron chi connectivity index (χ4n) is 2.07. The molecule has 0 aliphatic carbocycles. The third-order valence-electron chi connectivity index (χ3n) is 3.23. The van der Waals surface area contributed by atoms with Crippen molar-refractivity contribution >= 4 is 5.91 Å². The van der Waals surface area contributed by atoms with Gasteiger partial charge in [0.15, 0.2) is 0 Å². The highest BCUT2D eigenvalue weighted by Gasteiger charge is 2.23. The van der Waals surface area contributed by atoms with Gasteiger partial charge in [0.05, 0.1) is 0 Å². The van der Waals surface area contributed by atoms with Gasteiger partial charge < -0.3 is 4.90 Å². The molecule has 1 aliphatic heterocycles. The number of nitrogens with one attached hydrogen (secondary N) is 1. The number of carbonyl (C=O) groups is 1. The van der Waals surface area contributed by atoms with E-state index in [0.717, 1.165) is 13.1 Å². The average Bonchev–Trinajstić information content (AvgIpc) is 2.39. The quantitative estimate of drug-likeness (QED) is 0.798. The normalized spacial score (nSPS) is 17.2. The molecule has 98 valence electrons. The second-order valence-electron chi connectivity index (χ2n) is 4.73. The number of hydrogen-bond donors (Lipinski definition) is 1. The fourth-order valence-corrected chi connectivity index (χ4v) is 2.07. The molecule has 1 saturated heterocycles. The summed E-state index contributed by atoms with van der Waals surface area (Å²) < 4.78 is 0. The summed E-state index contributed by atoms with van der Waals surface area (Å²) in [4.78, 5) is 27.1. The van der Waals surface area contributed by atoms with Crippen LogP contribution in [0.2, 0.25) is 0 Å². The Kier molecular flexibility index (Phi) is 3.76. The Hall–Kier alpha value is -1.69.